The van der Waals surface area contributed by atoms with E-state index in [1.807, 2.05) is 0 Å². The van der Waals surface area contributed by atoms with Crippen molar-refractivity contribution in [1.29, 1.82) is 0 Å². The van der Waals surface area contributed by atoms with Crippen molar-refractivity contribution >= 4 is 24.0 Å². The summed E-state index contributed by atoms with van der Waals surface area (Å²) in [6.45, 7) is 0. The molecule has 0 N–H and O–H groups in total. The number of hydrogen-bond acceptors (Lipinski definition) is 3. The summed E-state index contributed by atoms with van der Waals surface area (Å²) >= 11 is 0. The van der Waals surface area contributed by atoms with Crippen LogP contribution in [0.5, 0.6) is 0 Å². The third-order valence-electron chi connectivity index (χ3n) is 1.28. The molecule has 4 heteroatoms. The van der Waals surface area contributed by atoms with Gasteiger partial charge in [0.1, 0.15) is 0 Å². The number of aliphatic imine (C=N–C) groups is 1. The van der Waals surface area contributed by atoms with Crippen LogP contribution in [0.2, 0.25) is 0 Å². The van der Waals surface area contributed by atoms with E-state index in [2.05, 4.69) is 15.2 Å². The molecule has 2 heterocycles. The van der Waals surface area contributed by atoms with Crippen molar-refractivity contribution in [1.82, 2.24) is 0 Å². The van der Waals surface area contributed by atoms with E-state index in [-0.39, 0.29) is 5.91 Å². The Kier molecular flexibility index (Phi) is 0.887. The Bertz CT molecular complexity index is 303. The molecule has 0 aliphatic carbocycles. The van der Waals surface area contributed by atoms with E-state index in [9.17, 15) is 4.79 Å². The monoisotopic (exact) mass is 133 g/mol. The minimum absolute atomic E-state index is 0.310. The van der Waals surface area contributed by atoms with E-state index in [0.717, 1.165) is 5.57 Å². The average Bonchev–Trinajstić information content (AvgIpc) is 2.36. The van der Waals surface area contributed by atoms with E-state index in [1.54, 1.807) is 12.3 Å². The predicted octanol–water partition coefficient (Wildman–Crippen LogP) is -0.0358. The minimum Gasteiger partial charge on any atom is -0.265 e. The number of fused-ring (bicyclic) bond motifs is 1. The zero-order valence-electron chi connectivity index (χ0n) is 4.98. The highest BCUT2D eigenvalue weighted by atomic mass is 16.1. The lowest BCUT2D eigenvalue weighted by molar-refractivity contribution is -0.111. The van der Waals surface area contributed by atoms with Crippen molar-refractivity contribution < 1.29 is 4.79 Å². The Morgan fingerprint density at radius 1 is 1.40 bits per heavy atom. The quantitative estimate of drug-likeness (QED) is 0.457. The maximum Gasteiger partial charge on any atom is 0.298 e. The predicted molar refractivity (Wildman–Crippen MR) is 37.5 cm³/mol. The minimum atomic E-state index is -0.310. The molecular weight excluding hydrogens is 130 g/mol. The number of rotatable bonds is 0. The molecule has 0 fully saturated rings. The van der Waals surface area contributed by atoms with Crippen LogP contribution in [0, 0.1) is 0 Å². The molecule has 1 amide bonds. The van der Waals surface area contributed by atoms with Crippen LogP contribution in [-0.4, -0.2) is 24.0 Å². The van der Waals surface area contributed by atoms with Crippen molar-refractivity contribution in [3.8, 4) is 0 Å². The molecule has 0 bridgehead atoms. The molecule has 0 unspecified atom stereocenters. The molecule has 48 valence electrons. The van der Waals surface area contributed by atoms with Gasteiger partial charge in [-0.15, -0.1) is 5.10 Å². The number of amides is 1. The van der Waals surface area contributed by atoms with Gasteiger partial charge in [-0.05, 0) is 6.08 Å². The van der Waals surface area contributed by atoms with Gasteiger partial charge in [-0.25, -0.2) is 4.99 Å². The largest absolute Gasteiger partial charge is 0.298 e. The van der Waals surface area contributed by atoms with E-state index in [0.29, 0.717) is 5.71 Å². The van der Waals surface area contributed by atoms with E-state index in [4.69, 9.17) is 0 Å². The zero-order valence-corrected chi connectivity index (χ0v) is 4.98. The summed E-state index contributed by atoms with van der Waals surface area (Å²) < 4.78 is 0. The molecule has 2 aliphatic heterocycles. The molecule has 0 saturated carbocycles. The number of hydrogen-bond donors (Lipinski definition) is 0. The van der Waals surface area contributed by atoms with Gasteiger partial charge in [0.15, 0.2) is 5.71 Å². The summed E-state index contributed by atoms with van der Waals surface area (Å²) in [7, 11) is 0. The lowest BCUT2D eigenvalue weighted by Gasteiger charge is -1.97. The Labute approximate surface area is 56.7 Å². The van der Waals surface area contributed by atoms with Gasteiger partial charge in [0.2, 0.25) is 0 Å². The van der Waals surface area contributed by atoms with Crippen LogP contribution in [-0.2, 0) is 4.79 Å². The van der Waals surface area contributed by atoms with Crippen molar-refractivity contribution in [3.63, 3.8) is 0 Å². The van der Waals surface area contributed by atoms with Gasteiger partial charge in [0.05, 0.1) is 6.21 Å². The molecule has 0 aromatic heterocycles. The summed E-state index contributed by atoms with van der Waals surface area (Å²) in [5.41, 5.74) is 1.10. The third-order valence-corrected chi connectivity index (χ3v) is 1.28. The van der Waals surface area contributed by atoms with Crippen LogP contribution in [0.3, 0.4) is 0 Å². The second kappa shape index (κ2) is 1.70. The highest BCUT2D eigenvalue weighted by molar-refractivity contribution is 6.53. The van der Waals surface area contributed by atoms with Crippen LogP contribution in [0.1, 0.15) is 0 Å². The second-order valence-corrected chi connectivity index (χ2v) is 1.90. The van der Waals surface area contributed by atoms with Crippen LogP contribution in [0.4, 0.5) is 0 Å². The van der Waals surface area contributed by atoms with Gasteiger partial charge in [0.25, 0.3) is 5.91 Å². The molecule has 2 aliphatic rings. The lowest BCUT2D eigenvalue weighted by atomic mass is 10.1. The highest BCUT2D eigenvalue weighted by Crippen LogP contribution is 2.07. The molecule has 0 saturated heterocycles. The fourth-order valence-corrected chi connectivity index (χ4v) is 0.802. The standard InChI is InChI=1S/C6H3N3O/c10-6-5-4(1-2-7-6)3-8-9-5/h1-3H. The number of carbonyl (C=O) groups is 1. The van der Waals surface area contributed by atoms with Gasteiger partial charge >= 0.3 is 0 Å². The highest BCUT2D eigenvalue weighted by Gasteiger charge is 2.19. The Hall–Kier alpha value is -1.58. The molecule has 0 spiro atoms. The smallest absolute Gasteiger partial charge is 0.265 e. The SMILES string of the molecule is O=C1N=CC=C2C=NN=C12. The van der Waals surface area contributed by atoms with Crippen LogP contribution < -0.4 is 0 Å². The van der Waals surface area contributed by atoms with Gasteiger partial charge in [-0.2, -0.15) is 5.10 Å². The van der Waals surface area contributed by atoms with Crippen molar-refractivity contribution in [3.05, 3.63) is 11.6 Å². The summed E-state index contributed by atoms with van der Waals surface area (Å²) in [4.78, 5) is 14.3. The molecule has 0 aromatic carbocycles. The summed E-state index contributed by atoms with van der Waals surface area (Å²) in [6, 6.07) is 0. The van der Waals surface area contributed by atoms with Gasteiger partial charge < -0.3 is 0 Å². The maximum atomic E-state index is 10.8. The summed E-state index contributed by atoms with van der Waals surface area (Å²) in [6.07, 6.45) is 4.70. The molecule has 10 heavy (non-hydrogen) atoms. The van der Waals surface area contributed by atoms with E-state index < -0.39 is 0 Å². The van der Waals surface area contributed by atoms with Crippen molar-refractivity contribution in [2.75, 3.05) is 0 Å². The zero-order chi connectivity index (χ0) is 6.97. The maximum absolute atomic E-state index is 10.8. The first-order valence-corrected chi connectivity index (χ1v) is 2.78. The fraction of sp³-hybridized carbons (Fsp3) is 0. The van der Waals surface area contributed by atoms with Crippen LogP contribution >= 0.6 is 0 Å². The fourth-order valence-electron chi connectivity index (χ4n) is 0.802. The van der Waals surface area contributed by atoms with Crippen molar-refractivity contribution in [2.24, 2.45) is 15.2 Å². The molecular formula is C6H3N3O. The van der Waals surface area contributed by atoms with Gasteiger partial charge in [-0.3, -0.25) is 4.79 Å². The van der Waals surface area contributed by atoms with Crippen LogP contribution in [0.25, 0.3) is 0 Å². The van der Waals surface area contributed by atoms with Gasteiger partial charge in [0, 0.05) is 11.8 Å². The van der Waals surface area contributed by atoms with Gasteiger partial charge in [-0.1, -0.05) is 0 Å². The Morgan fingerprint density at radius 2 is 2.30 bits per heavy atom. The Morgan fingerprint density at radius 3 is 3.10 bits per heavy atom. The lowest BCUT2D eigenvalue weighted by Crippen LogP contribution is -2.15. The van der Waals surface area contributed by atoms with Crippen molar-refractivity contribution in [2.45, 2.75) is 0 Å². The van der Waals surface area contributed by atoms with Crippen LogP contribution in [0.15, 0.2) is 26.8 Å². The topological polar surface area (TPSA) is 54.1 Å². The second-order valence-electron chi connectivity index (χ2n) is 1.90. The molecule has 4 nitrogen and oxygen atoms in total. The van der Waals surface area contributed by atoms with E-state index in [1.165, 1.54) is 6.21 Å². The average molecular weight is 133 g/mol. The number of carbonyl (C=O) groups excluding carboxylic acids is 1. The normalized spacial score (nSPS) is 20.6. The van der Waals surface area contributed by atoms with E-state index >= 15 is 0 Å². The summed E-state index contributed by atoms with van der Waals surface area (Å²) in [5, 5.41) is 7.17. The first kappa shape index (κ1) is 5.22. The molecule has 0 radical (unpaired) electrons. The third kappa shape index (κ3) is 0.556. The molecule has 0 atom stereocenters. The molecule has 0 aromatic rings. The first-order valence-electron chi connectivity index (χ1n) is 2.78. The number of allylic oxidation sites excluding steroid dienone is 1. The Balaban J connectivity index is 2.54. The number of nitrogens with zero attached hydrogens (tertiary/aromatic N) is 3. The summed E-state index contributed by atoms with van der Waals surface area (Å²) in [5.74, 6) is -0.310. The number of dihydropyridines is 1. The molecule has 2 rings (SSSR count). The first-order chi connectivity index (χ1) is 4.88.